The summed E-state index contributed by atoms with van der Waals surface area (Å²) in [4.78, 5) is 48.2. The van der Waals surface area contributed by atoms with E-state index in [9.17, 15) is 14.4 Å². The number of esters is 2. The van der Waals surface area contributed by atoms with Crippen LogP contribution in [0.15, 0.2) is 10.9 Å². The van der Waals surface area contributed by atoms with Gasteiger partial charge in [0.25, 0.3) is 5.56 Å². The highest BCUT2D eigenvalue weighted by atomic mass is 32.1. The molecular weight excluding hydrogens is 462 g/mol. The van der Waals surface area contributed by atoms with Crippen LogP contribution in [0.4, 0.5) is 5.82 Å². The van der Waals surface area contributed by atoms with Crippen molar-refractivity contribution in [3.05, 3.63) is 32.6 Å². The zero-order valence-corrected chi connectivity index (χ0v) is 20.4. The number of H-pyrrole nitrogens is 1. The van der Waals surface area contributed by atoms with Gasteiger partial charge in [0.05, 0.1) is 17.6 Å². The Bertz CT molecular complexity index is 1280. The molecule has 0 saturated heterocycles. The summed E-state index contributed by atoms with van der Waals surface area (Å²) in [6.45, 7) is 5.58. The SMILES string of the molecule is CCc1cc2c(N3CCc4c([nH]n(C)c4=O)C3)nc(OCC(COC(C)=O)OC(C)=O)nc2s1. The van der Waals surface area contributed by atoms with Gasteiger partial charge in [0, 0.05) is 37.9 Å². The predicted molar refractivity (Wildman–Crippen MR) is 125 cm³/mol. The van der Waals surface area contributed by atoms with Crippen LogP contribution in [0.2, 0.25) is 0 Å². The Morgan fingerprint density at radius 2 is 2.03 bits per heavy atom. The van der Waals surface area contributed by atoms with Gasteiger partial charge in [0.1, 0.15) is 23.9 Å². The van der Waals surface area contributed by atoms with Crippen molar-refractivity contribution in [2.75, 3.05) is 24.7 Å². The largest absolute Gasteiger partial charge is 0.462 e. The number of aryl methyl sites for hydroxylation is 2. The number of nitrogens with one attached hydrogen (secondary N) is 1. The van der Waals surface area contributed by atoms with Crippen LogP contribution in [-0.4, -0.2) is 57.5 Å². The van der Waals surface area contributed by atoms with Crippen molar-refractivity contribution >= 4 is 39.3 Å². The number of aromatic nitrogens is 4. The number of aromatic amines is 1. The fourth-order valence-corrected chi connectivity index (χ4v) is 4.84. The normalized spacial score (nSPS) is 14.1. The van der Waals surface area contributed by atoms with Crippen molar-refractivity contribution in [1.82, 2.24) is 19.7 Å². The number of hydrogen-bond donors (Lipinski definition) is 1. The molecule has 1 atom stereocenters. The highest BCUT2D eigenvalue weighted by Crippen LogP contribution is 2.34. The van der Waals surface area contributed by atoms with Gasteiger partial charge in [-0.05, 0) is 18.9 Å². The molecule has 0 bridgehead atoms. The molecule has 1 aliphatic rings. The van der Waals surface area contributed by atoms with Crippen LogP contribution in [-0.2, 0) is 45.5 Å². The number of carbonyl (C=O) groups is 2. The Hall–Kier alpha value is -3.41. The van der Waals surface area contributed by atoms with Crippen molar-refractivity contribution in [3.63, 3.8) is 0 Å². The van der Waals surface area contributed by atoms with E-state index in [4.69, 9.17) is 14.2 Å². The van der Waals surface area contributed by atoms with Crippen molar-refractivity contribution < 1.29 is 23.8 Å². The summed E-state index contributed by atoms with van der Waals surface area (Å²) in [5, 5.41) is 4.05. The Labute approximate surface area is 199 Å². The molecule has 4 heterocycles. The average Bonchev–Trinajstić information content (AvgIpc) is 3.34. The van der Waals surface area contributed by atoms with E-state index < -0.39 is 18.0 Å². The molecule has 182 valence electrons. The van der Waals surface area contributed by atoms with Crippen molar-refractivity contribution in [1.29, 1.82) is 0 Å². The van der Waals surface area contributed by atoms with Crippen LogP contribution >= 0.6 is 11.3 Å². The number of ether oxygens (including phenoxy) is 3. The molecule has 4 rings (SSSR count). The molecule has 0 spiro atoms. The number of rotatable bonds is 8. The molecule has 1 aliphatic heterocycles. The number of thiophene rings is 1. The molecule has 0 saturated carbocycles. The van der Waals surface area contributed by atoms with Crippen LogP contribution in [0.5, 0.6) is 6.01 Å². The Morgan fingerprint density at radius 3 is 2.74 bits per heavy atom. The highest BCUT2D eigenvalue weighted by Gasteiger charge is 2.26. The van der Waals surface area contributed by atoms with Crippen LogP contribution in [0.1, 0.15) is 36.9 Å². The lowest BCUT2D eigenvalue weighted by molar-refractivity contribution is -0.158. The van der Waals surface area contributed by atoms with E-state index in [0.717, 1.165) is 33.7 Å². The number of anilines is 1. The van der Waals surface area contributed by atoms with Crippen molar-refractivity contribution in [2.45, 2.75) is 46.3 Å². The lowest BCUT2D eigenvalue weighted by atomic mass is 10.1. The second-order valence-electron chi connectivity index (χ2n) is 8.06. The van der Waals surface area contributed by atoms with Gasteiger partial charge in [-0.15, -0.1) is 11.3 Å². The van der Waals surface area contributed by atoms with Gasteiger partial charge in [0.2, 0.25) is 0 Å². The summed E-state index contributed by atoms with van der Waals surface area (Å²) < 4.78 is 17.5. The molecule has 12 heteroatoms. The maximum absolute atomic E-state index is 12.3. The quantitative estimate of drug-likeness (QED) is 0.470. The van der Waals surface area contributed by atoms with Gasteiger partial charge in [0.15, 0.2) is 6.10 Å². The Balaban J connectivity index is 1.62. The minimum atomic E-state index is -0.786. The average molecular weight is 490 g/mol. The third-order valence-corrected chi connectivity index (χ3v) is 6.64. The Morgan fingerprint density at radius 1 is 1.24 bits per heavy atom. The first kappa shape index (κ1) is 23.7. The summed E-state index contributed by atoms with van der Waals surface area (Å²) >= 11 is 1.57. The van der Waals surface area contributed by atoms with Gasteiger partial charge in [-0.2, -0.15) is 9.97 Å². The number of nitrogens with zero attached hydrogens (tertiary/aromatic N) is 4. The lowest BCUT2D eigenvalue weighted by Gasteiger charge is -2.28. The van der Waals surface area contributed by atoms with E-state index in [1.54, 1.807) is 18.4 Å². The van der Waals surface area contributed by atoms with E-state index in [-0.39, 0.29) is 24.8 Å². The summed E-state index contributed by atoms with van der Waals surface area (Å²) in [5.41, 5.74) is 1.67. The molecule has 0 fully saturated rings. The molecule has 3 aromatic heterocycles. The minimum absolute atomic E-state index is 0.000368. The molecular formula is C22H27N5O6S. The zero-order valence-electron chi connectivity index (χ0n) is 19.5. The monoisotopic (exact) mass is 489 g/mol. The summed E-state index contributed by atoms with van der Waals surface area (Å²) in [6.07, 6.45) is 0.684. The first-order valence-electron chi connectivity index (χ1n) is 11.0. The standard InChI is InChI=1S/C22H27N5O6S/c1-5-15-8-17-19(27-7-6-16-18(9-27)25-26(4)21(16)30)23-22(24-20(17)34-15)32-11-14(33-13(3)29)10-31-12(2)28/h8,14,25H,5-7,9-11H2,1-4H3. The predicted octanol–water partition coefficient (Wildman–Crippen LogP) is 1.72. The summed E-state index contributed by atoms with van der Waals surface area (Å²) in [7, 11) is 1.71. The minimum Gasteiger partial charge on any atom is -0.462 e. The first-order valence-corrected chi connectivity index (χ1v) is 11.8. The van der Waals surface area contributed by atoms with Gasteiger partial charge < -0.3 is 19.1 Å². The van der Waals surface area contributed by atoms with Crippen molar-refractivity contribution in [3.8, 4) is 6.01 Å². The van der Waals surface area contributed by atoms with Crippen LogP contribution in [0, 0.1) is 0 Å². The first-order chi connectivity index (χ1) is 16.2. The maximum Gasteiger partial charge on any atom is 0.319 e. The van der Waals surface area contributed by atoms with Gasteiger partial charge in [-0.1, -0.05) is 6.92 Å². The van der Waals surface area contributed by atoms with E-state index in [1.807, 2.05) is 0 Å². The molecule has 1 unspecified atom stereocenters. The molecule has 11 nitrogen and oxygen atoms in total. The second kappa shape index (κ2) is 9.84. The summed E-state index contributed by atoms with van der Waals surface area (Å²) in [6, 6.07) is 2.23. The Kier molecular flexibility index (Phi) is 6.87. The maximum atomic E-state index is 12.3. The number of carbonyl (C=O) groups excluding carboxylic acids is 2. The molecule has 3 aromatic rings. The van der Waals surface area contributed by atoms with Gasteiger partial charge >= 0.3 is 17.9 Å². The smallest absolute Gasteiger partial charge is 0.319 e. The van der Waals surface area contributed by atoms with Crippen LogP contribution in [0.3, 0.4) is 0 Å². The van der Waals surface area contributed by atoms with E-state index in [0.29, 0.717) is 19.5 Å². The van der Waals surface area contributed by atoms with E-state index >= 15 is 0 Å². The summed E-state index contributed by atoms with van der Waals surface area (Å²) in [5.74, 6) is -0.272. The molecule has 0 aromatic carbocycles. The zero-order chi connectivity index (χ0) is 24.4. The molecule has 0 aliphatic carbocycles. The molecule has 0 amide bonds. The van der Waals surface area contributed by atoms with Crippen LogP contribution in [0.25, 0.3) is 10.2 Å². The molecule has 34 heavy (non-hydrogen) atoms. The van der Waals surface area contributed by atoms with Crippen molar-refractivity contribution in [2.24, 2.45) is 7.05 Å². The fraction of sp³-hybridized carbons (Fsp3) is 0.500. The molecule has 1 N–H and O–H groups in total. The fourth-order valence-electron chi connectivity index (χ4n) is 3.88. The molecule has 0 radical (unpaired) electrons. The van der Waals surface area contributed by atoms with E-state index in [1.165, 1.54) is 23.4 Å². The lowest BCUT2D eigenvalue weighted by Crippen LogP contribution is -2.33. The third kappa shape index (κ3) is 5.06. The second-order valence-corrected chi connectivity index (χ2v) is 9.18. The van der Waals surface area contributed by atoms with Crippen LogP contribution < -0.4 is 15.2 Å². The van der Waals surface area contributed by atoms with Gasteiger partial charge in [-0.3, -0.25) is 24.2 Å². The topological polar surface area (TPSA) is 129 Å². The highest BCUT2D eigenvalue weighted by molar-refractivity contribution is 7.18. The van der Waals surface area contributed by atoms with Gasteiger partial charge in [-0.25, -0.2) is 0 Å². The van der Waals surface area contributed by atoms with E-state index in [2.05, 4.69) is 33.0 Å². The third-order valence-electron chi connectivity index (χ3n) is 5.47. The number of fused-ring (bicyclic) bond motifs is 2. The number of hydrogen-bond acceptors (Lipinski definition) is 10.